The predicted octanol–water partition coefficient (Wildman–Crippen LogP) is 1.42. The minimum atomic E-state index is -1.03. The molecular formula is C13H15NO4. The molecule has 5 heteroatoms. The SMILES string of the molecule is COc1cc(CNC(=O)C2CC2)ccc1C(=O)O. The molecule has 2 N–H and O–H groups in total. The van der Waals surface area contributed by atoms with Gasteiger partial charge in [0.25, 0.3) is 0 Å². The van der Waals surface area contributed by atoms with Gasteiger partial charge >= 0.3 is 5.97 Å². The van der Waals surface area contributed by atoms with Crippen molar-refractivity contribution in [3.8, 4) is 5.75 Å². The van der Waals surface area contributed by atoms with Crippen molar-refractivity contribution in [3.63, 3.8) is 0 Å². The molecule has 0 atom stereocenters. The van der Waals surface area contributed by atoms with Gasteiger partial charge in [-0.1, -0.05) is 6.07 Å². The number of carbonyl (C=O) groups excluding carboxylic acids is 1. The monoisotopic (exact) mass is 249 g/mol. The van der Waals surface area contributed by atoms with Crippen molar-refractivity contribution >= 4 is 11.9 Å². The molecule has 0 saturated heterocycles. The first-order chi connectivity index (χ1) is 8.61. The van der Waals surface area contributed by atoms with Crippen molar-refractivity contribution in [2.24, 2.45) is 5.92 Å². The van der Waals surface area contributed by atoms with E-state index in [1.807, 2.05) is 0 Å². The first-order valence-electron chi connectivity index (χ1n) is 5.79. The number of hydrogen-bond donors (Lipinski definition) is 2. The molecular weight excluding hydrogens is 234 g/mol. The number of ether oxygens (including phenoxy) is 1. The van der Waals surface area contributed by atoms with Crippen LogP contribution in [0.4, 0.5) is 0 Å². The Morgan fingerprint density at radius 2 is 2.17 bits per heavy atom. The fourth-order valence-electron chi connectivity index (χ4n) is 1.70. The maximum atomic E-state index is 11.5. The first kappa shape index (κ1) is 12.4. The smallest absolute Gasteiger partial charge is 0.339 e. The van der Waals surface area contributed by atoms with Crippen LogP contribution >= 0.6 is 0 Å². The molecule has 0 aliphatic heterocycles. The largest absolute Gasteiger partial charge is 0.496 e. The van der Waals surface area contributed by atoms with Crippen molar-refractivity contribution in [2.45, 2.75) is 19.4 Å². The number of carbonyl (C=O) groups is 2. The summed E-state index contributed by atoms with van der Waals surface area (Å²) < 4.78 is 5.02. The second-order valence-electron chi connectivity index (χ2n) is 4.33. The zero-order valence-corrected chi connectivity index (χ0v) is 10.1. The number of nitrogens with one attached hydrogen (secondary N) is 1. The van der Waals surface area contributed by atoms with E-state index in [1.54, 1.807) is 12.1 Å². The van der Waals surface area contributed by atoms with E-state index in [4.69, 9.17) is 9.84 Å². The average molecular weight is 249 g/mol. The third kappa shape index (κ3) is 2.80. The van der Waals surface area contributed by atoms with Gasteiger partial charge in [-0.3, -0.25) is 4.79 Å². The highest BCUT2D eigenvalue weighted by Gasteiger charge is 2.29. The Bertz CT molecular complexity index is 480. The Morgan fingerprint density at radius 1 is 1.44 bits per heavy atom. The minimum Gasteiger partial charge on any atom is -0.496 e. The van der Waals surface area contributed by atoms with E-state index >= 15 is 0 Å². The predicted molar refractivity (Wildman–Crippen MR) is 64.5 cm³/mol. The van der Waals surface area contributed by atoms with Gasteiger partial charge in [-0.25, -0.2) is 4.79 Å². The number of methoxy groups -OCH3 is 1. The second kappa shape index (κ2) is 5.08. The molecule has 18 heavy (non-hydrogen) atoms. The highest BCUT2D eigenvalue weighted by Crippen LogP contribution is 2.29. The first-order valence-corrected chi connectivity index (χ1v) is 5.79. The fourth-order valence-corrected chi connectivity index (χ4v) is 1.70. The number of hydrogen-bond acceptors (Lipinski definition) is 3. The second-order valence-corrected chi connectivity index (χ2v) is 4.33. The van der Waals surface area contributed by atoms with Crippen LogP contribution in [0.3, 0.4) is 0 Å². The summed E-state index contributed by atoms with van der Waals surface area (Å²) in [5.41, 5.74) is 0.945. The molecule has 1 saturated carbocycles. The van der Waals surface area contributed by atoms with Crippen LogP contribution in [0, 0.1) is 5.92 Å². The lowest BCUT2D eigenvalue weighted by molar-refractivity contribution is -0.122. The molecule has 5 nitrogen and oxygen atoms in total. The van der Waals surface area contributed by atoms with Gasteiger partial charge in [-0.2, -0.15) is 0 Å². The van der Waals surface area contributed by atoms with Crippen LogP contribution in [0.1, 0.15) is 28.8 Å². The summed E-state index contributed by atoms with van der Waals surface area (Å²) in [5.74, 6) is -0.484. The van der Waals surface area contributed by atoms with E-state index in [-0.39, 0.29) is 17.4 Å². The minimum absolute atomic E-state index is 0.0660. The Morgan fingerprint density at radius 3 is 2.72 bits per heavy atom. The lowest BCUT2D eigenvalue weighted by Gasteiger charge is -2.08. The summed E-state index contributed by atoms with van der Waals surface area (Å²) in [6.07, 6.45) is 1.93. The molecule has 1 amide bonds. The Hall–Kier alpha value is -2.04. The summed E-state index contributed by atoms with van der Waals surface area (Å²) in [6, 6.07) is 4.80. The molecule has 0 radical (unpaired) electrons. The molecule has 0 heterocycles. The third-order valence-electron chi connectivity index (χ3n) is 2.91. The standard InChI is InChI=1S/C13H15NO4/c1-18-11-6-8(2-5-10(11)13(16)17)7-14-12(15)9-3-4-9/h2,5-6,9H,3-4,7H2,1H3,(H,14,15)(H,16,17). The molecule has 0 unspecified atom stereocenters. The number of aromatic carboxylic acids is 1. The molecule has 0 spiro atoms. The molecule has 1 fully saturated rings. The third-order valence-corrected chi connectivity index (χ3v) is 2.91. The van der Waals surface area contributed by atoms with Gasteiger partial charge in [0, 0.05) is 12.5 Å². The summed E-state index contributed by atoms with van der Waals surface area (Å²) in [6.45, 7) is 0.394. The van der Waals surface area contributed by atoms with Gasteiger partial charge in [0.05, 0.1) is 7.11 Å². The Kier molecular flexibility index (Phi) is 3.50. The average Bonchev–Trinajstić information content (AvgIpc) is 3.19. The van der Waals surface area contributed by atoms with E-state index in [1.165, 1.54) is 13.2 Å². The Balaban J connectivity index is 2.04. The highest BCUT2D eigenvalue weighted by molar-refractivity contribution is 5.91. The Labute approximate surface area is 105 Å². The van der Waals surface area contributed by atoms with Crippen LogP contribution < -0.4 is 10.1 Å². The van der Waals surface area contributed by atoms with Crippen molar-refractivity contribution in [2.75, 3.05) is 7.11 Å². The topological polar surface area (TPSA) is 75.6 Å². The highest BCUT2D eigenvalue weighted by atomic mass is 16.5. The molecule has 1 aromatic rings. The number of benzene rings is 1. The quantitative estimate of drug-likeness (QED) is 0.827. The van der Waals surface area contributed by atoms with Crippen molar-refractivity contribution in [1.82, 2.24) is 5.32 Å². The van der Waals surface area contributed by atoms with E-state index < -0.39 is 5.97 Å². The van der Waals surface area contributed by atoms with Gasteiger partial charge in [0.2, 0.25) is 5.91 Å². The maximum Gasteiger partial charge on any atom is 0.339 e. The van der Waals surface area contributed by atoms with Gasteiger partial charge in [-0.05, 0) is 30.5 Å². The number of carboxylic acids is 1. The van der Waals surface area contributed by atoms with Crippen LogP contribution in [0.5, 0.6) is 5.75 Å². The molecule has 0 bridgehead atoms. The fraction of sp³-hybridized carbons (Fsp3) is 0.385. The normalized spacial score (nSPS) is 14.1. The van der Waals surface area contributed by atoms with E-state index in [9.17, 15) is 9.59 Å². The lowest BCUT2D eigenvalue weighted by Crippen LogP contribution is -2.24. The maximum absolute atomic E-state index is 11.5. The van der Waals surface area contributed by atoms with Crippen molar-refractivity contribution in [3.05, 3.63) is 29.3 Å². The zero-order chi connectivity index (χ0) is 13.1. The summed E-state index contributed by atoms with van der Waals surface area (Å²) >= 11 is 0. The molecule has 2 rings (SSSR count). The van der Waals surface area contributed by atoms with E-state index in [0.29, 0.717) is 12.3 Å². The molecule has 1 aliphatic carbocycles. The van der Waals surface area contributed by atoms with E-state index in [2.05, 4.69) is 5.32 Å². The van der Waals surface area contributed by atoms with E-state index in [0.717, 1.165) is 18.4 Å². The molecule has 0 aromatic heterocycles. The number of carboxylic acid groups (broad SMARTS) is 1. The zero-order valence-electron chi connectivity index (χ0n) is 10.1. The van der Waals surface area contributed by atoms with Gasteiger partial charge < -0.3 is 15.2 Å². The summed E-state index contributed by atoms with van der Waals surface area (Å²) in [4.78, 5) is 22.4. The van der Waals surface area contributed by atoms with Crippen LogP contribution in [0.15, 0.2) is 18.2 Å². The van der Waals surface area contributed by atoms with Crippen LogP contribution in [-0.4, -0.2) is 24.1 Å². The summed E-state index contributed by atoms with van der Waals surface area (Å²) in [5, 5.41) is 11.8. The molecule has 1 aliphatic rings. The van der Waals surface area contributed by atoms with Crippen molar-refractivity contribution in [1.29, 1.82) is 0 Å². The van der Waals surface area contributed by atoms with Gasteiger partial charge in [-0.15, -0.1) is 0 Å². The van der Waals surface area contributed by atoms with Gasteiger partial charge in [0.15, 0.2) is 0 Å². The number of amides is 1. The van der Waals surface area contributed by atoms with Crippen LogP contribution in [-0.2, 0) is 11.3 Å². The molecule has 1 aromatic carbocycles. The van der Waals surface area contributed by atoms with Gasteiger partial charge in [0.1, 0.15) is 11.3 Å². The van der Waals surface area contributed by atoms with Crippen LogP contribution in [0.25, 0.3) is 0 Å². The summed E-state index contributed by atoms with van der Waals surface area (Å²) in [7, 11) is 1.42. The number of rotatable bonds is 5. The van der Waals surface area contributed by atoms with Crippen molar-refractivity contribution < 1.29 is 19.4 Å². The van der Waals surface area contributed by atoms with Crippen LogP contribution in [0.2, 0.25) is 0 Å². The lowest BCUT2D eigenvalue weighted by atomic mass is 10.1. The molecule has 96 valence electrons.